The molecule has 0 saturated carbocycles. The monoisotopic (exact) mass is 276 g/mol. The molecule has 2 unspecified atom stereocenters. The molecule has 0 aliphatic heterocycles. The molecule has 17 heavy (non-hydrogen) atoms. The number of benzene rings is 1. The van der Waals surface area contributed by atoms with Crippen LogP contribution in [0.25, 0.3) is 0 Å². The second kappa shape index (κ2) is 6.24. The van der Waals surface area contributed by atoms with Crippen LogP contribution in [0, 0.1) is 5.92 Å². The molecular weight excluding hydrogens is 263 g/mol. The van der Waals surface area contributed by atoms with Gasteiger partial charge < -0.3 is 9.84 Å². The molecule has 3 nitrogen and oxygen atoms in total. The van der Waals surface area contributed by atoms with Gasteiger partial charge in [-0.3, -0.25) is 4.79 Å². The summed E-state index contributed by atoms with van der Waals surface area (Å²) in [5.74, 6) is -0.757. The SMILES string of the molecule is COC(=O)C(C)CC(O)c1cc(Cl)ccc1Cl. The van der Waals surface area contributed by atoms with Crippen molar-refractivity contribution >= 4 is 29.2 Å². The van der Waals surface area contributed by atoms with Gasteiger partial charge in [-0.2, -0.15) is 0 Å². The molecule has 5 heteroatoms. The molecule has 0 aliphatic rings. The van der Waals surface area contributed by atoms with E-state index in [2.05, 4.69) is 4.74 Å². The Morgan fingerprint density at radius 1 is 1.47 bits per heavy atom. The van der Waals surface area contributed by atoms with E-state index in [0.29, 0.717) is 15.6 Å². The molecule has 1 aromatic rings. The lowest BCUT2D eigenvalue weighted by atomic mass is 9.98. The van der Waals surface area contributed by atoms with Crippen LogP contribution in [0.4, 0.5) is 0 Å². The van der Waals surface area contributed by atoms with Crippen LogP contribution in [-0.2, 0) is 9.53 Å². The number of halogens is 2. The summed E-state index contributed by atoms with van der Waals surface area (Å²) in [4.78, 5) is 11.2. The zero-order chi connectivity index (χ0) is 13.0. The van der Waals surface area contributed by atoms with Crippen molar-refractivity contribution in [2.45, 2.75) is 19.4 Å². The Bertz CT molecular complexity index is 407. The molecule has 0 radical (unpaired) electrons. The van der Waals surface area contributed by atoms with Crippen molar-refractivity contribution in [3.8, 4) is 0 Å². The zero-order valence-electron chi connectivity index (χ0n) is 9.61. The van der Waals surface area contributed by atoms with Gasteiger partial charge in [-0.15, -0.1) is 0 Å². The molecular formula is C12H14Cl2O3. The van der Waals surface area contributed by atoms with Gasteiger partial charge in [0.1, 0.15) is 0 Å². The summed E-state index contributed by atoms with van der Waals surface area (Å²) in [6, 6.07) is 4.85. The van der Waals surface area contributed by atoms with Crippen molar-refractivity contribution in [3.05, 3.63) is 33.8 Å². The molecule has 0 amide bonds. The first-order valence-corrected chi connectivity index (χ1v) is 5.92. The van der Waals surface area contributed by atoms with E-state index >= 15 is 0 Å². The molecule has 0 aliphatic carbocycles. The van der Waals surface area contributed by atoms with E-state index in [4.69, 9.17) is 23.2 Å². The lowest BCUT2D eigenvalue weighted by Gasteiger charge is -2.16. The molecule has 1 aromatic carbocycles. The van der Waals surface area contributed by atoms with Crippen molar-refractivity contribution < 1.29 is 14.6 Å². The summed E-state index contributed by atoms with van der Waals surface area (Å²) >= 11 is 11.8. The molecule has 0 fully saturated rings. The Morgan fingerprint density at radius 2 is 2.12 bits per heavy atom. The highest BCUT2D eigenvalue weighted by molar-refractivity contribution is 6.33. The number of esters is 1. The number of methoxy groups -OCH3 is 1. The van der Waals surface area contributed by atoms with Crippen LogP contribution in [0.2, 0.25) is 10.0 Å². The second-order valence-electron chi connectivity index (χ2n) is 3.84. The van der Waals surface area contributed by atoms with Crippen molar-refractivity contribution in [1.82, 2.24) is 0 Å². The second-order valence-corrected chi connectivity index (χ2v) is 4.69. The number of carbonyl (C=O) groups is 1. The Hall–Kier alpha value is -0.770. The number of aliphatic hydroxyl groups is 1. The first kappa shape index (κ1) is 14.3. The number of rotatable bonds is 4. The standard InChI is InChI=1S/C12H14Cl2O3/c1-7(12(16)17-2)5-11(15)9-6-8(13)3-4-10(9)14/h3-4,6-7,11,15H,5H2,1-2H3. The summed E-state index contributed by atoms with van der Waals surface area (Å²) in [5, 5.41) is 10.9. The maximum absolute atomic E-state index is 11.2. The van der Waals surface area contributed by atoms with E-state index in [1.165, 1.54) is 7.11 Å². The van der Waals surface area contributed by atoms with Gasteiger partial charge in [0.25, 0.3) is 0 Å². The Balaban J connectivity index is 2.79. The summed E-state index contributed by atoms with van der Waals surface area (Å²) in [6.07, 6.45) is -0.595. The topological polar surface area (TPSA) is 46.5 Å². The van der Waals surface area contributed by atoms with Gasteiger partial charge >= 0.3 is 5.97 Å². The summed E-state index contributed by atoms with van der Waals surface area (Å²) < 4.78 is 4.59. The number of aliphatic hydroxyl groups excluding tert-OH is 1. The first-order chi connectivity index (χ1) is 7.95. The highest BCUT2D eigenvalue weighted by atomic mass is 35.5. The molecule has 0 heterocycles. The Kier molecular flexibility index (Phi) is 5.25. The Labute approximate surface area is 110 Å². The molecule has 94 valence electrons. The van der Waals surface area contributed by atoms with Crippen LogP contribution in [0.3, 0.4) is 0 Å². The highest BCUT2D eigenvalue weighted by Gasteiger charge is 2.20. The minimum absolute atomic E-state index is 0.243. The average Bonchev–Trinajstić information content (AvgIpc) is 2.30. The molecule has 1 N–H and O–H groups in total. The van der Waals surface area contributed by atoms with Crippen LogP contribution >= 0.6 is 23.2 Å². The van der Waals surface area contributed by atoms with Gasteiger partial charge in [0, 0.05) is 15.6 Å². The third kappa shape index (κ3) is 3.87. The Morgan fingerprint density at radius 3 is 2.71 bits per heavy atom. The maximum Gasteiger partial charge on any atom is 0.308 e. The quantitative estimate of drug-likeness (QED) is 0.859. The largest absolute Gasteiger partial charge is 0.469 e. The van der Waals surface area contributed by atoms with Crippen LogP contribution in [0.1, 0.15) is 25.0 Å². The normalized spacial score (nSPS) is 14.2. The van der Waals surface area contributed by atoms with E-state index in [1.807, 2.05) is 0 Å². The summed E-state index contributed by atoms with van der Waals surface area (Å²) in [7, 11) is 1.32. The molecule has 0 aromatic heterocycles. The fraction of sp³-hybridized carbons (Fsp3) is 0.417. The fourth-order valence-electron chi connectivity index (χ4n) is 1.53. The van der Waals surface area contributed by atoms with Crippen LogP contribution < -0.4 is 0 Å². The third-order valence-electron chi connectivity index (χ3n) is 2.50. The van der Waals surface area contributed by atoms with E-state index < -0.39 is 12.0 Å². The van der Waals surface area contributed by atoms with E-state index in [-0.39, 0.29) is 12.4 Å². The predicted molar refractivity (Wildman–Crippen MR) is 67.2 cm³/mol. The lowest BCUT2D eigenvalue weighted by Crippen LogP contribution is -2.16. The third-order valence-corrected chi connectivity index (χ3v) is 3.08. The van der Waals surface area contributed by atoms with Gasteiger partial charge in [0.15, 0.2) is 0 Å². The minimum atomic E-state index is -0.838. The predicted octanol–water partition coefficient (Wildman–Crippen LogP) is 3.23. The van der Waals surface area contributed by atoms with Gasteiger partial charge in [0.05, 0.1) is 19.1 Å². The van der Waals surface area contributed by atoms with Crippen molar-refractivity contribution in [2.75, 3.05) is 7.11 Å². The summed E-state index contributed by atoms with van der Waals surface area (Å²) in [5.41, 5.74) is 0.523. The number of hydrogen-bond donors (Lipinski definition) is 1. The first-order valence-electron chi connectivity index (χ1n) is 5.16. The van der Waals surface area contributed by atoms with Crippen LogP contribution in [0.5, 0.6) is 0 Å². The van der Waals surface area contributed by atoms with Gasteiger partial charge in [0.2, 0.25) is 0 Å². The molecule has 1 rings (SSSR count). The lowest BCUT2D eigenvalue weighted by molar-refractivity contribution is -0.145. The van der Waals surface area contributed by atoms with Crippen molar-refractivity contribution in [1.29, 1.82) is 0 Å². The van der Waals surface area contributed by atoms with Gasteiger partial charge in [-0.05, 0) is 24.6 Å². The molecule has 0 spiro atoms. The van der Waals surface area contributed by atoms with Crippen molar-refractivity contribution in [3.63, 3.8) is 0 Å². The molecule has 0 saturated heterocycles. The van der Waals surface area contributed by atoms with Crippen LogP contribution in [-0.4, -0.2) is 18.2 Å². The fourth-order valence-corrected chi connectivity index (χ4v) is 1.95. The average molecular weight is 277 g/mol. The van der Waals surface area contributed by atoms with Gasteiger partial charge in [-0.25, -0.2) is 0 Å². The van der Waals surface area contributed by atoms with Gasteiger partial charge in [-0.1, -0.05) is 30.1 Å². The molecule has 2 atom stereocenters. The zero-order valence-corrected chi connectivity index (χ0v) is 11.1. The smallest absolute Gasteiger partial charge is 0.308 e. The number of hydrogen-bond acceptors (Lipinski definition) is 3. The number of carbonyl (C=O) groups excluding carboxylic acids is 1. The molecule has 0 bridgehead atoms. The highest BCUT2D eigenvalue weighted by Crippen LogP contribution is 2.30. The van der Waals surface area contributed by atoms with Crippen molar-refractivity contribution in [2.24, 2.45) is 5.92 Å². The number of ether oxygens (including phenoxy) is 1. The van der Waals surface area contributed by atoms with E-state index in [9.17, 15) is 9.90 Å². The summed E-state index contributed by atoms with van der Waals surface area (Å²) in [6.45, 7) is 1.69. The van der Waals surface area contributed by atoms with E-state index in [1.54, 1.807) is 25.1 Å². The minimum Gasteiger partial charge on any atom is -0.469 e. The maximum atomic E-state index is 11.2. The van der Waals surface area contributed by atoms with E-state index in [0.717, 1.165) is 0 Å². The van der Waals surface area contributed by atoms with Crippen LogP contribution in [0.15, 0.2) is 18.2 Å².